The summed E-state index contributed by atoms with van der Waals surface area (Å²) in [5, 5.41) is 5.49. The maximum absolute atomic E-state index is 12.0. The van der Waals surface area contributed by atoms with Crippen molar-refractivity contribution in [3.63, 3.8) is 0 Å². The van der Waals surface area contributed by atoms with E-state index in [1.807, 2.05) is 13.8 Å². The summed E-state index contributed by atoms with van der Waals surface area (Å²) < 4.78 is 11.0. The molecule has 0 unspecified atom stereocenters. The number of nitrogen functional groups attached to an aromatic ring is 1. The standard InChI is InChI=1S/C17H21N3O3/c1-3-22-15-10-9-14(11-16(15)23-4-2)20-17(21)19-13-7-5-12(18)6-8-13/h5-11H,3-4,18H2,1-2H3,(H2,19,20,21). The summed E-state index contributed by atoms with van der Waals surface area (Å²) in [4.78, 5) is 12.0. The zero-order valence-electron chi connectivity index (χ0n) is 13.3. The van der Waals surface area contributed by atoms with Gasteiger partial charge in [-0.2, -0.15) is 0 Å². The molecule has 2 rings (SSSR count). The van der Waals surface area contributed by atoms with Gasteiger partial charge in [0.1, 0.15) is 0 Å². The molecule has 0 radical (unpaired) electrons. The highest BCUT2D eigenvalue weighted by Gasteiger charge is 2.08. The summed E-state index contributed by atoms with van der Waals surface area (Å²) in [5.41, 5.74) is 7.53. The predicted molar refractivity (Wildman–Crippen MR) is 92.3 cm³/mol. The van der Waals surface area contributed by atoms with E-state index >= 15 is 0 Å². The molecular weight excluding hydrogens is 294 g/mol. The Kier molecular flexibility index (Phi) is 5.68. The van der Waals surface area contributed by atoms with E-state index < -0.39 is 0 Å². The molecule has 2 amide bonds. The van der Waals surface area contributed by atoms with Crippen LogP contribution in [0.2, 0.25) is 0 Å². The van der Waals surface area contributed by atoms with Crippen LogP contribution >= 0.6 is 0 Å². The lowest BCUT2D eigenvalue weighted by Gasteiger charge is -2.13. The van der Waals surface area contributed by atoms with Crippen molar-refractivity contribution in [1.29, 1.82) is 0 Å². The first kappa shape index (κ1) is 16.5. The molecule has 122 valence electrons. The van der Waals surface area contributed by atoms with Crippen LogP contribution in [0.4, 0.5) is 21.9 Å². The Morgan fingerprint density at radius 1 is 0.913 bits per heavy atom. The van der Waals surface area contributed by atoms with Gasteiger partial charge in [0.25, 0.3) is 0 Å². The Bertz CT molecular complexity index is 657. The molecule has 6 nitrogen and oxygen atoms in total. The Labute approximate surface area is 135 Å². The van der Waals surface area contributed by atoms with E-state index in [0.717, 1.165) is 0 Å². The lowest BCUT2D eigenvalue weighted by Crippen LogP contribution is -2.19. The maximum atomic E-state index is 12.0. The van der Waals surface area contributed by atoms with E-state index in [1.165, 1.54) is 0 Å². The zero-order chi connectivity index (χ0) is 16.7. The van der Waals surface area contributed by atoms with Gasteiger partial charge in [0.2, 0.25) is 0 Å². The Balaban J connectivity index is 2.05. The first-order valence-electron chi connectivity index (χ1n) is 7.45. The highest BCUT2D eigenvalue weighted by molar-refractivity contribution is 6.00. The van der Waals surface area contributed by atoms with Crippen molar-refractivity contribution >= 4 is 23.1 Å². The Morgan fingerprint density at radius 3 is 2.13 bits per heavy atom. The number of nitrogens with one attached hydrogen (secondary N) is 2. The molecule has 0 aliphatic heterocycles. The summed E-state index contributed by atoms with van der Waals surface area (Å²) in [6, 6.07) is 11.8. The van der Waals surface area contributed by atoms with Crippen molar-refractivity contribution < 1.29 is 14.3 Å². The average Bonchev–Trinajstić information content (AvgIpc) is 2.52. The molecule has 0 saturated heterocycles. The van der Waals surface area contributed by atoms with Crippen molar-refractivity contribution in [1.82, 2.24) is 0 Å². The summed E-state index contributed by atoms with van der Waals surface area (Å²) in [6.45, 7) is 4.86. The third kappa shape index (κ3) is 4.81. The number of hydrogen-bond donors (Lipinski definition) is 3. The number of amides is 2. The van der Waals surface area contributed by atoms with Crippen molar-refractivity contribution in [3.05, 3.63) is 42.5 Å². The number of urea groups is 1. The summed E-state index contributed by atoms with van der Waals surface area (Å²) in [5.74, 6) is 1.25. The van der Waals surface area contributed by atoms with E-state index in [4.69, 9.17) is 15.2 Å². The monoisotopic (exact) mass is 315 g/mol. The van der Waals surface area contributed by atoms with Gasteiger partial charge in [0, 0.05) is 23.1 Å². The first-order valence-corrected chi connectivity index (χ1v) is 7.45. The number of hydrogen-bond acceptors (Lipinski definition) is 4. The minimum absolute atomic E-state index is 0.346. The fraction of sp³-hybridized carbons (Fsp3) is 0.235. The smallest absolute Gasteiger partial charge is 0.323 e. The van der Waals surface area contributed by atoms with Gasteiger partial charge >= 0.3 is 6.03 Å². The predicted octanol–water partition coefficient (Wildman–Crippen LogP) is 3.71. The lowest BCUT2D eigenvalue weighted by molar-refractivity contribution is 0.262. The van der Waals surface area contributed by atoms with E-state index in [1.54, 1.807) is 42.5 Å². The van der Waals surface area contributed by atoms with Crippen LogP contribution in [0.25, 0.3) is 0 Å². The van der Waals surface area contributed by atoms with Crippen LogP contribution in [0, 0.1) is 0 Å². The quantitative estimate of drug-likeness (QED) is 0.709. The number of nitrogens with two attached hydrogens (primary N) is 1. The summed E-state index contributed by atoms with van der Waals surface area (Å²) >= 11 is 0. The number of carbonyl (C=O) groups excluding carboxylic acids is 1. The number of rotatable bonds is 6. The topological polar surface area (TPSA) is 85.6 Å². The highest BCUT2D eigenvalue weighted by atomic mass is 16.5. The molecule has 2 aromatic carbocycles. The third-order valence-corrected chi connectivity index (χ3v) is 2.97. The molecule has 4 N–H and O–H groups in total. The first-order chi connectivity index (χ1) is 11.1. The van der Waals surface area contributed by atoms with E-state index in [2.05, 4.69) is 10.6 Å². The van der Waals surface area contributed by atoms with Crippen LogP contribution in [-0.2, 0) is 0 Å². The average molecular weight is 315 g/mol. The fourth-order valence-corrected chi connectivity index (χ4v) is 1.99. The van der Waals surface area contributed by atoms with Crippen molar-refractivity contribution in [2.45, 2.75) is 13.8 Å². The second-order valence-electron chi connectivity index (χ2n) is 4.73. The molecule has 2 aromatic rings. The number of anilines is 3. The van der Waals surface area contributed by atoms with Gasteiger partial charge in [-0.15, -0.1) is 0 Å². The lowest BCUT2D eigenvalue weighted by atomic mass is 10.2. The SMILES string of the molecule is CCOc1ccc(NC(=O)Nc2ccc(N)cc2)cc1OCC. The minimum atomic E-state index is -0.346. The zero-order valence-corrected chi connectivity index (χ0v) is 13.3. The van der Waals surface area contributed by atoms with Crippen LogP contribution in [0.15, 0.2) is 42.5 Å². The molecular formula is C17H21N3O3. The van der Waals surface area contributed by atoms with Gasteiger partial charge < -0.3 is 25.8 Å². The molecule has 0 atom stereocenters. The highest BCUT2D eigenvalue weighted by Crippen LogP contribution is 2.30. The summed E-state index contributed by atoms with van der Waals surface area (Å²) in [7, 11) is 0. The molecule has 0 bridgehead atoms. The van der Waals surface area contributed by atoms with Gasteiger partial charge in [-0.3, -0.25) is 0 Å². The molecule has 0 fully saturated rings. The third-order valence-electron chi connectivity index (χ3n) is 2.97. The molecule has 0 heterocycles. The molecule has 0 aliphatic carbocycles. The van der Waals surface area contributed by atoms with E-state index in [0.29, 0.717) is 41.8 Å². The van der Waals surface area contributed by atoms with Crippen LogP contribution in [0.1, 0.15) is 13.8 Å². The molecule has 0 spiro atoms. The maximum Gasteiger partial charge on any atom is 0.323 e. The second-order valence-corrected chi connectivity index (χ2v) is 4.73. The molecule has 23 heavy (non-hydrogen) atoms. The second kappa shape index (κ2) is 7.93. The summed E-state index contributed by atoms with van der Waals surface area (Å²) in [6.07, 6.45) is 0. The van der Waals surface area contributed by atoms with E-state index in [-0.39, 0.29) is 6.03 Å². The number of carbonyl (C=O) groups is 1. The van der Waals surface area contributed by atoms with Gasteiger partial charge in [-0.05, 0) is 50.2 Å². The number of ether oxygens (including phenoxy) is 2. The Hall–Kier alpha value is -2.89. The van der Waals surface area contributed by atoms with Gasteiger partial charge in [0.15, 0.2) is 11.5 Å². The number of benzene rings is 2. The largest absolute Gasteiger partial charge is 0.490 e. The fourth-order valence-electron chi connectivity index (χ4n) is 1.99. The van der Waals surface area contributed by atoms with Crippen LogP contribution < -0.4 is 25.8 Å². The molecule has 0 aromatic heterocycles. The Morgan fingerprint density at radius 2 is 1.48 bits per heavy atom. The van der Waals surface area contributed by atoms with Gasteiger partial charge in [-0.25, -0.2) is 4.79 Å². The minimum Gasteiger partial charge on any atom is -0.490 e. The molecule has 6 heteroatoms. The normalized spacial score (nSPS) is 10.0. The van der Waals surface area contributed by atoms with E-state index in [9.17, 15) is 4.79 Å². The molecule has 0 saturated carbocycles. The van der Waals surface area contributed by atoms with Crippen molar-refractivity contribution in [2.75, 3.05) is 29.6 Å². The van der Waals surface area contributed by atoms with Crippen LogP contribution in [-0.4, -0.2) is 19.2 Å². The van der Waals surface area contributed by atoms with Gasteiger partial charge in [-0.1, -0.05) is 0 Å². The van der Waals surface area contributed by atoms with Crippen LogP contribution in [0.3, 0.4) is 0 Å². The van der Waals surface area contributed by atoms with Gasteiger partial charge in [0.05, 0.1) is 13.2 Å². The molecule has 0 aliphatic rings. The van der Waals surface area contributed by atoms with Crippen molar-refractivity contribution in [3.8, 4) is 11.5 Å². The van der Waals surface area contributed by atoms with Crippen molar-refractivity contribution in [2.24, 2.45) is 0 Å². The van der Waals surface area contributed by atoms with Crippen LogP contribution in [0.5, 0.6) is 11.5 Å².